The largest absolute Gasteiger partial charge is 0.468 e. The summed E-state index contributed by atoms with van der Waals surface area (Å²) in [5, 5.41) is 19.2. The molecule has 0 fully saturated rings. The molecular weight excluding hydrogens is 572 g/mol. The monoisotopic (exact) mass is 600 g/mol. The molecule has 1 aromatic heterocycles. The van der Waals surface area contributed by atoms with E-state index in [0.717, 1.165) is 11.8 Å². The lowest BCUT2D eigenvalue weighted by atomic mass is 9.85. The molecule has 3 N–H and O–H groups in total. The molecule has 2 aromatic carbocycles. The predicted octanol–water partition coefficient (Wildman–Crippen LogP) is 4.95. The van der Waals surface area contributed by atoms with Crippen LogP contribution in [0.4, 0.5) is 11.4 Å². The number of ether oxygens (including phenoxy) is 2. The van der Waals surface area contributed by atoms with Gasteiger partial charge in [-0.05, 0) is 62.4 Å². The first-order valence-corrected chi connectivity index (χ1v) is 14.1. The number of thioether (sulfide) groups is 1. The van der Waals surface area contributed by atoms with Gasteiger partial charge in [0, 0.05) is 11.4 Å². The number of carbonyl (C=O) groups is 4. The van der Waals surface area contributed by atoms with Crippen molar-refractivity contribution in [2.75, 3.05) is 30.1 Å². The molecule has 2 amide bonds. The van der Waals surface area contributed by atoms with Crippen LogP contribution >= 0.6 is 11.8 Å². The van der Waals surface area contributed by atoms with Gasteiger partial charge in [0.1, 0.15) is 5.76 Å². The van der Waals surface area contributed by atoms with E-state index >= 15 is 0 Å². The Morgan fingerprint density at radius 3 is 2.42 bits per heavy atom. The van der Waals surface area contributed by atoms with Gasteiger partial charge in [-0.15, -0.1) is 0 Å². The van der Waals surface area contributed by atoms with Gasteiger partial charge in [0.15, 0.2) is 0 Å². The van der Waals surface area contributed by atoms with E-state index in [2.05, 4.69) is 22.0 Å². The maximum Gasteiger partial charge on any atom is 0.339 e. The molecule has 0 saturated heterocycles. The number of benzene rings is 2. The zero-order valence-corrected chi connectivity index (χ0v) is 24.4. The molecule has 220 valence electrons. The highest BCUT2D eigenvalue weighted by molar-refractivity contribution is 8.03. The molecule has 12 heteroatoms. The Labute approximate surface area is 251 Å². The lowest BCUT2D eigenvalue weighted by molar-refractivity contribution is -0.114. The van der Waals surface area contributed by atoms with Crippen LogP contribution in [0.1, 0.15) is 46.2 Å². The highest BCUT2D eigenvalue weighted by Gasteiger charge is 2.37. The minimum absolute atomic E-state index is 0.0562. The summed E-state index contributed by atoms with van der Waals surface area (Å²) in [6.07, 6.45) is 1.44. The van der Waals surface area contributed by atoms with Crippen LogP contribution in [0.5, 0.6) is 0 Å². The number of hydrogen-bond acceptors (Lipinski definition) is 10. The normalized spacial score (nSPS) is 14.3. The van der Waals surface area contributed by atoms with Crippen LogP contribution in [-0.4, -0.2) is 43.2 Å². The molecule has 0 saturated carbocycles. The van der Waals surface area contributed by atoms with Crippen LogP contribution in [0.25, 0.3) is 0 Å². The molecule has 0 spiro atoms. The molecule has 43 heavy (non-hydrogen) atoms. The Bertz CT molecular complexity index is 1640. The number of esters is 2. The first-order valence-electron chi connectivity index (χ1n) is 13.1. The summed E-state index contributed by atoms with van der Waals surface area (Å²) in [6, 6.07) is 18.2. The van der Waals surface area contributed by atoms with Gasteiger partial charge in [-0.2, -0.15) is 5.26 Å². The van der Waals surface area contributed by atoms with Crippen LogP contribution in [0.3, 0.4) is 0 Å². The SMILES string of the molecule is CCOC(=O)c1ccc(NC(=O)CSC2=C(C#N)[C@H](c3ccco3)C(C(=O)Nc3ccccc3C(=O)OC)=C(C)N2)cc1. The van der Waals surface area contributed by atoms with Crippen molar-refractivity contribution in [3.8, 4) is 6.07 Å². The number of carbonyl (C=O) groups excluding carboxylic acids is 4. The third-order valence-corrected chi connectivity index (χ3v) is 7.34. The summed E-state index contributed by atoms with van der Waals surface area (Å²) < 4.78 is 15.4. The second-order valence-electron chi connectivity index (χ2n) is 9.09. The molecule has 1 aliphatic rings. The summed E-state index contributed by atoms with van der Waals surface area (Å²) >= 11 is 1.10. The van der Waals surface area contributed by atoms with Gasteiger partial charge >= 0.3 is 11.9 Å². The van der Waals surface area contributed by atoms with Gasteiger partial charge < -0.3 is 29.8 Å². The standard InChI is InChI=1S/C31H28N4O7S/c1-4-41-30(38)19-11-13-20(14-12-19)34-25(36)17-43-29-22(16-32)27(24-10-7-15-42-24)26(18(2)33-29)28(37)35-23-9-6-5-8-21(23)31(39)40-3/h5-15,27,33H,4,17H2,1-3H3,(H,34,36)(H,35,37)/t27-/m1/s1. The molecule has 3 aromatic rings. The third-order valence-electron chi connectivity index (χ3n) is 6.33. The Balaban J connectivity index is 1.54. The first kappa shape index (κ1) is 30.7. The number of nitrogens with zero attached hydrogens (tertiary/aromatic N) is 1. The molecular formula is C31H28N4O7S. The van der Waals surface area contributed by atoms with E-state index in [1.807, 2.05) is 0 Å². The van der Waals surface area contributed by atoms with E-state index < -0.39 is 23.8 Å². The van der Waals surface area contributed by atoms with Crippen LogP contribution in [0.2, 0.25) is 0 Å². The van der Waals surface area contributed by atoms with Gasteiger partial charge in [-0.3, -0.25) is 9.59 Å². The number of nitrogens with one attached hydrogen (secondary N) is 3. The smallest absolute Gasteiger partial charge is 0.339 e. The number of furan rings is 1. The minimum Gasteiger partial charge on any atom is -0.468 e. The number of amides is 2. The number of hydrogen-bond donors (Lipinski definition) is 3. The fraction of sp³-hybridized carbons (Fsp3) is 0.194. The molecule has 11 nitrogen and oxygen atoms in total. The fourth-order valence-electron chi connectivity index (χ4n) is 4.38. The van der Waals surface area contributed by atoms with Crippen LogP contribution in [0, 0.1) is 11.3 Å². The second kappa shape index (κ2) is 14.1. The highest BCUT2D eigenvalue weighted by atomic mass is 32.2. The summed E-state index contributed by atoms with van der Waals surface area (Å²) in [5.74, 6) is -2.55. The molecule has 0 radical (unpaired) electrons. The van der Waals surface area contributed by atoms with Crippen molar-refractivity contribution < 1.29 is 33.1 Å². The van der Waals surface area contributed by atoms with E-state index in [0.29, 0.717) is 27.7 Å². The van der Waals surface area contributed by atoms with Gasteiger partial charge in [-0.1, -0.05) is 23.9 Å². The molecule has 1 aliphatic heterocycles. The Morgan fingerprint density at radius 1 is 1.02 bits per heavy atom. The third kappa shape index (κ3) is 7.14. The second-order valence-corrected chi connectivity index (χ2v) is 10.1. The number of dihydropyridines is 1. The van der Waals surface area contributed by atoms with Crippen LogP contribution < -0.4 is 16.0 Å². The van der Waals surface area contributed by atoms with Crippen molar-refractivity contribution in [1.29, 1.82) is 5.26 Å². The topological polar surface area (TPSA) is 160 Å². The van der Waals surface area contributed by atoms with Crippen molar-refractivity contribution in [1.82, 2.24) is 5.32 Å². The molecule has 0 aliphatic carbocycles. The number of para-hydroxylation sites is 1. The lowest BCUT2D eigenvalue weighted by Gasteiger charge is -2.28. The lowest BCUT2D eigenvalue weighted by Crippen LogP contribution is -2.31. The van der Waals surface area contributed by atoms with E-state index in [9.17, 15) is 24.4 Å². The average Bonchev–Trinajstić information content (AvgIpc) is 3.55. The number of anilines is 2. The maximum absolute atomic E-state index is 13.7. The van der Waals surface area contributed by atoms with Gasteiger partial charge in [0.2, 0.25) is 5.91 Å². The van der Waals surface area contributed by atoms with E-state index in [1.165, 1.54) is 19.4 Å². The van der Waals surface area contributed by atoms with Crippen molar-refractivity contribution in [2.45, 2.75) is 19.8 Å². The maximum atomic E-state index is 13.7. The van der Waals surface area contributed by atoms with E-state index in [4.69, 9.17) is 13.9 Å². The average molecular weight is 601 g/mol. The Kier molecular flexibility index (Phi) is 10.0. The summed E-state index contributed by atoms with van der Waals surface area (Å²) in [5.41, 5.74) is 2.09. The molecule has 0 unspecified atom stereocenters. The zero-order chi connectivity index (χ0) is 30.9. The van der Waals surface area contributed by atoms with Gasteiger partial charge in [-0.25, -0.2) is 9.59 Å². The van der Waals surface area contributed by atoms with E-state index in [-0.39, 0.29) is 40.7 Å². The van der Waals surface area contributed by atoms with Crippen LogP contribution in [-0.2, 0) is 19.1 Å². The zero-order valence-electron chi connectivity index (χ0n) is 23.6. The van der Waals surface area contributed by atoms with Gasteiger partial charge in [0.05, 0.1) is 70.7 Å². The molecule has 1 atom stereocenters. The molecule has 2 heterocycles. The molecule has 4 rings (SSSR count). The molecule has 0 bridgehead atoms. The number of rotatable bonds is 10. The minimum atomic E-state index is -0.882. The van der Waals surface area contributed by atoms with Crippen molar-refractivity contribution >= 4 is 46.9 Å². The van der Waals surface area contributed by atoms with Crippen molar-refractivity contribution in [3.63, 3.8) is 0 Å². The number of nitriles is 1. The van der Waals surface area contributed by atoms with Crippen molar-refractivity contribution in [2.24, 2.45) is 0 Å². The number of methoxy groups -OCH3 is 1. The Morgan fingerprint density at radius 2 is 1.77 bits per heavy atom. The fourth-order valence-corrected chi connectivity index (χ4v) is 5.27. The summed E-state index contributed by atoms with van der Waals surface area (Å²) in [7, 11) is 1.25. The summed E-state index contributed by atoms with van der Waals surface area (Å²) in [4.78, 5) is 50.5. The quantitative estimate of drug-likeness (QED) is 0.272. The van der Waals surface area contributed by atoms with Crippen LogP contribution in [0.15, 0.2) is 93.2 Å². The van der Waals surface area contributed by atoms with Crippen molar-refractivity contribution in [3.05, 3.63) is 106 Å². The van der Waals surface area contributed by atoms with Gasteiger partial charge in [0.25, 0.3) is 5.91 Å². The first-order chi connectivity index (χ1) is 20.8. The number of allylic oxidation sites excluding steroid dienone is 2. The predicted molar refractivity (Wildman–Crippen MR) is 160 cm³/mol. The Hall–Kier alpha value is -5.28. The highest BCUT2D eigenvalue weighted by Crippen LogP contribution is 2.41. The summed E-state index contributed by atoms with van der Waals surface area (Å²) in [6.45, 7) is 3.65. The van der Waals surface area contributed by atoms with E-state index in [1.54, 1.807) is 68.4 Å².